The molecule has 0 bridgehead atoms. The molecule has 4 heteroatoms. The van der Waals surface area contributed by atoms with Crippen LogP contribution in [-0.4, -0.2) is 26.4 Å². The van der Waals surface area contributed by atoms with Crippen molar-refractivity contribution >= 4 is 9.84 Å². The minimum atomic E-state index is -3.32. The number of rotatable bonds is 3. The Morgan fingerprint density at radius 2 is 1.72 bits per heavy atom. The maximum atomic E-state index is 12.2. The predicted molar refractivity (Wildman–Crippen MR) is 72.9 cm³/mol. The van der Waals surface area contributed by atoms with E-state index in [0.717, 1.165) is 37.2 Å². The molecule has 0 N–H and O–H groups in total. The molecule has 0 spiro atoms. The Hall–Kier alpha value is -1.29. The van der Waals surface area contributed by atoms with Crippen LogP contribution in [0.2, 0.25) is 0 Å². The van der Waals surface area contributed by atoms with Gasteiger partial charge < -0.3 is 4.90 Å². The van der Waals surface area contributed by atoms with Gasteiger partial charge >= 0.3 is 0 Å². The Balaban J connectivity index is 2.25. The van der Waals surface area contributed by atoms with Crippen LogP contribution in [0, 0.1) is 6.92 Å². The SMILES string of the molecule is C/C(=C\S(=O)(=O)c1ccc(C)cc1)N1CCCC1. The number of nitrogens with zero attached hydrogens (tertiary/aromatic N) is 1. The lowest BCUT2D eigenvalue weighted by Crippen LogP contribution is -2.17. The van der Waals surface area contributed by atoms with Crippen molar-refractivity contribution in [3.63, 3.8) is 0 Å². The highest BCUT2D eigenvalue weighted by atomic mass is 32.2. The van der Waals surface area contributed by atoms with Crippen molar-refractivity contribution in [3.8, 4) is 0 Å². The largest absolute Gasteiger partial charge is 0.374 e. The van der Waals surface area contributed by atoms with Crippen molar-refractivity contribution in [2.75, 3.05) is 13.1 Å². The number of hydrogen-bond donors (Lipinski definition) is 0. The highest BCUT2D eigenvalue weighted by Gasteiger charge is 2.16. The standard InChI is InChI=1S/C14H19NO2S/c1-12-5-7-14(8-6-12)18(16,17)11-13(2)15-9-3-4-10-15/h5-8,11H,3-4,9-10H2,1-2H3/b13-11+. The molecule has 1 aromatic carbocycles. The Bertz CT molecular complexity index is 538. The average Bonchev–Trinajstić information content (AvgIpc) is 2.82. The lowest BCUT2D eigenvalue weighted by atomic mass is 10.2. The third-order valence-corrected chi connectivity index (χ3v) is 4.86. The van der Waals surface area contributed by atoms with Crippen molar-refractivity contribution in [1.29, 1.82) is 0 Å². The summed E-state index contributed by atoms with van der Waals surface area (Å²) in [6.07, 6.45) is 2.30. The second-order valence-electron chi connectivity index (χ2n) is 4.81. The third kappa shape index (κ3) is 2.93. The zero-order valence-electron chi connectivity index (χ0n) is 10.9. The van der Waals surface area contributed by atoms with Gasteiger partial charge in [-0.15, -0.1) is 0 Å². The molecule has 1 aliphatic rings. The van der Waals surface area contributed by atoms with E-state index >= 15 is 0 Å². The lowest BCUT2D eigenvalue weighted by molar-refractivity contribution is 0.428. The summed E-state index contributed by atoms with van der Waals surface area (Å²) in [4.78, 5) is 2.50. The van der Waals surface area contributed by atoms with Gasteiger partial charge in [0.15, 0.2) is 0 Å². The predicted octanol–water partition coefficient (Wildman–Crippen LogP) is 2.73. The molecule has 1 aromatic rings. The van der Waals surface area contributed by atoms with Crippen LogP contribution in [0.4, 0.5) is 0 Å². The minimum Gasteiger partial charge on any atom is -0.374 e. The molecule has 0 aromatic heterocycles. The number of sulfone groups is 1. The van der Waals surface area contributed by atoms with Gasteiger partial charge in [0.25, 0.3) is 0 Å². The summed E-state index contributed by atoms with van der Waals surface area (Å²) in [6.45, 7) is 5.75. The summed E-state index contributed by atoms with van der Waals surface area (Å²) in [5, 5.41) is 1.39. The van der Waals surface area contributed by atoms with Gasteiger partial charge in [-0.3, -0.25) is 0 Å². The van der Waals surface area contributed by atoms with Crippen molar-refractivity contribution in [1.82, 2.24) is 4.90 Å². The monoisotopic (exact) mass is 265 g/mol. The van der Waals surface area contributed by atoms with Crippen LogP contribution in [0.25, 0.3) is 0 Å². The fourth-order valence-electron chi connectivity index (χ4n) is 2.16. The Labute approximate surface area is 109 Å². The van der Waals surface area contributed by atoms with Crippen LogP contribution in [0.5, 0.6) is 0 Å². The third-order valence-electron chi connectivity index (χ3n) is 3.28. The van der Waals surface area contributed by atoms with Crippen LogP contribution in [0.1, 0.15) is 25.3 Å². The Morgan fingerprint density at radius 1 is 1.17 bits per heavy atom. The van der Waals surface area contributed by atoms with Gasteiger partial charge in [0.05, 0.1) is 10.3 Å². The molecule has 0 aliphatic carbocycles. The molecule has 1 fully saturated rings. The number of aryl methyl sites for hydroxylation is 1. The summed E-state index contributed by atoms with van der Waals surface area (Å²) in [5.41, 5.74) is 1.90. The Kier molecular flexibility index (Phi) is 3.76. The fraction of sp³-hybridized carbons (Fsp3) is 0.429. The second kappa shape index (κ2) is 5.14. The van der Waals surface area contributed by atoms with Gasteiger partial charge in [-0.05, 0) is 38.8 Å². The van der Waals surface area contributed by atoms with Gasteiger partial charge in [0.1, 0.15) is 0 Å². The molecule has 18 heavy (non-hydrogen) atoms. The van der Waals surface area contributed by atoms with Crippen LogP contribution in [0.15, 0.2) is 40.3 Å². The van der Waals surface area contributed by atoms with Crippen LogP contribution >= 0.6 is 0 Å². The molecule has 1 saturated heterocycles. The molecule has 0 atom stereocenters. The fourth-order valence-corrected chi connectivity index (χ4v) is 3.41. The summed E-state index contributed by atoms with van der Waals surface area (Å²) < 4.78 is 24.4. The summed E-state index contributed by atoms with van der Waals surface area (Å²) >= 11 is 0. The van der Waals surface area contributed by atoms with Crippen LogP contribution < -0.4 is 0 Å². The normalized spacial score (nSPS) is 17.2. The van der Waals surface area contributed by atoms with E-state index in [2.05, 4.69) is 4.90 Å². The number of benzene rings is 1. The first-order chi connectivity index (χ1) is 8.49. The maximum Gasteiger partial charge on any atom is 0.201 e. The number of hydrogen-bond acceptors (Lipinski definition) is 3. The van der Waals surface area contributed by atoms with E-state index in [0.29, 0.717) is 4.90 Å². The second-order valence-corrected chi connectivity index (χ2v) is 6.61. The average molecular weight is 265 g/mol. The lowest BCUT2D eigenvalue weighted by Gasteiger charge is -2.17. The molecule has 0 saturated carbocycles. The molecule has 1 aliphatic heterocycles. The zero-order chi connectivity index (χ0) is 13.2. The first-order valence-corrected chi connectivity index (χ1v) is 7.79. The minimum absolute atomic E-state index is 0.367. The van der Waals surface area contributed by atoms with Crippen LogP contribution in [0.3, 0.4) is 0 Å². The molecular formula is C14H19NO2S. The topological polar surface area (TPSA) is 37.4 Å². The van der Waals surface area contributed by atoms with Crippen molar-refractivity contribution < 1.29 is 8.42 Å². The van der Waals surface area contributed by atoms with Gasteiger partial charge in [0.2, 0.25) is 9.84 Å². The van der Waals surface area contributed by atoms with Crippen molar-refractivity contribution in [3.05, 3.63) is 40.9 Å². The van der Waals surface area contributed by atoms with Crippen molar-refractivity contribution in [2.45, 2.75) is 31.6 Å². The summed E-state index contributed by atoms with van der Waals surface area (Å²) in [6, 6.07) is 6.98. The quantitative estimate of drug-likeness (QED) is 0.843. The first-order valence-electron chi connectivity index (χ1n) is 6.24. The van der Waals surface area contributed by atoms with Gasteiger partial charge in [0, 0.05) is 18.8 Å². The van der Waals surface area contributed by atoms with E-state index in [1.807, 2.05) is 26.0 Å². The highest BCUT2D eigenvalue weighted by Crippen LogP contribution is 2.19. The van der Waals surface area contributed by atoms with E-state index in [-0.39, 0.29) is 0 Å². The van der Waals surface area contributed by atoms with E-state index < -0.39 is 9.84 Å². The highest BCUT2D eigenvalue weighted by molar-refractivity contribution is 7.94. The number of likely N-dealkylation sites (tertiary alicyclic amines) is 1. The molecule has 1 heterocycles. The van der Waals surface area contributed by atoms with E-state index in [1.54, 1.807) is 12.1 Å². The Morgan fingerprint density at radius 3 is 2.28 bits per heavy atom. The molecular weight excluding hydrogens is 246 g/mol. The molecule has 0 amide bonds. The smallest absolute Gasteiger partial charge is 0.201 e. The van der Waals surface area contributed by atoms with E-state index in [9.17, 15) is 8.42 Å². The van der Waals surface area contributed by atoms with Gasteiger partial charge in [-0.2, -0.15) is 0 Å². The molecule has 0 radical (unpaired) electrons. The van der Waals surface area contributed by atoms with E-state index in [1.165, 1.54) is 5.41 Å². The molecule has 98 valence electrons. The summed E-state index contributed by atoms with van der Waals surface area (Å²) in [7, 11) is -3.32. The molecule has 0 unspecified atom stereocenters. The van der Waals surface area contributed by atoms with E-state index in [4.69, 9.17) is 0 Å². The molecule has 3 nitrogen and oxygen atoms in total. The van der Waals surface area contributed by atoms with Gasteiger partial charge in [-0.1, -0.05) is 17.7 Å². The van der Waals surface area contributed by atoms with Crippen LogP contribution in [-0.2, 0) is 9.84 Å². The van der Waals surface area contributed by atoms with Crippen molar-refractivity contribution in [2.24, 2.45) is 0 Å². The number of allylic oxidation sites excluding steroid dienone is 1. The maximum absolute atomic E-state index is 12.2. The molecule has 2 rings (SSSR count). The summed E-state index contributed by atoms with van der Waals surface area (Å²) in [5.74, 6) is 0. The van der Waals surface area contributed by atoms with Gasteiger partial charge in [-0.25, -0.2) is 8.42 Å². The zero-order valence-corrected chi connectivity index (χ0v) is 11.7. The first kappa shape index (κ1) is 13.1.